The number of fused-ring (bicyclic) bond motifs is 1. The van der Waals surface area contributed by atoms with Gasteiger partial charge in [0.25, 0.3) is 0 Å². The van der Waals surface area contributed by atoms with Gasteiger partial charge in [0.15, 0.2) is 0 Å². The molecular weight excluding hydrogens is 505 g/mol. The summed E-state index contributed by atoms with van der Waals surface area (Å²) in [7, 11) is 0. The number of furan rings is 1. The molecule has 0 spiro atoms. The molecule has 0 aliphatic carbocycles. The van der Waals surface area contributed by atoms with Gasteiger partial charge >= 0.3 is 6.03 Å². The number of anilines is 1. The lowest BCUT2D eigenvalue weighted by Crippen LogP contribution is -2.48. The zero-order valence-corrected chi connectivity index (χ0v) is 21.7. The van der Waals surface area contributed by atoms with Gasteiger partial charge in [-0.25, -0.2) is 9.18 Å². The van der Waals surface area contributed by atoms with Gasteiger partial charge < -0.3 is 24.3 Å². The highest BCUT2D eigenvalue weighted by Gasteiger charge is 2.33. The van der Waals surface area contributed by atoms with Crippen LogP contribution in [0.3, 0.4) is 0 Å². The molecule has 2 aromatic carbocycles. The van der Waals surface area contributed by atoms with Crippen molar-refractivity contribution >= 4 is 29.0 Å². The highest BCUT2D eigenvalue weighted by atomic mass is 32.1. The lowest BCUT2D eigenvalue weighted by molar-refractivity contribution is -0.135. The summed E-state index contributed by atoms with van der Waals surface area (Å²) >= 11 is 1.65. The molecule has 1 unspecified atom stereocenters. The standard InChI is InChI=1S/C29H28FN3O4S/c1-20-7-9-22(10-8-20)31-29(35)32(17-24-6-3-14-36-24)18-28(34)33-13-11-27-25(12-15-38-27)26(33)19-37-23-5-2-4-21(30)16-23/h2-10,12,14-16,26H,11,13,17-19H2,1H3,(H,31,35). The monoisotopic (exact) mass is 533 g/mol. The minimum absolute atomic E-state index is 0.137. The predicted octanol–water partition coefficient (Wildman–Crippen LogP) is 6.03. The molecule has 7 nitrogen and oxygen atoms in total. The van der Waals surface area contributed by atoms with Crippen LogP contribution in [0.5, 0.6) is 5.75 Å². The van der Waals surface area contributed by atoms with Crippen LogP contribution < -0.4 is 10.1 Å². The van der Waals surface area contributed by atoms with E-state index >= 15 is 0 Å². The van der Waals surface area contributed by atoms with E-state index in [1.54, 1.807) is 40.5 Å². The first-order valence-electron chi connectivity index (χ1n) is 12.4. The molecule has 196 valence electrons. The van der Waals surface area contributed by atoms with Crippen LogP contribution in [-0.4, -0.2) is 41.4 Å². The highest BCUT2D eigenvalue weighted by Crippen LogP contribution is 2.34. The Hall–Kier alpha value is -4.11. The van der Waals surface area contributed by atoms with Gasteiger partial charge in [-0.1, -0.05) is 23.8 Å². The number of rotatable bonds is 8. The van der Waals surface area contributed by atoms with Gasteiger partial charge in [0.1, 0.15) is 30.5 Å². The van der Waals surface area contributed by atoms with Crippen LogP contribution in [-0.2, 0) is 17.8 Å². The maximum atomic E-state index is 13.7. The van der Waals surface area contributed by atoms with E-state index in [1.165, 1.54) is 28.2 Å². The number of hydrogen-bond acceptors (Lipinski definition) is 5. The molecule has 0 saturated heterocycles. The van der Waals surface area contributed by atoms with E-state index in [-0.39, 0.29) is 37.5 Å². The first-order chi connectivity index (χ1) is 18.5. The summed E-state index contributed by atoms with van der Waals surface area (Å²) in [6.45, 7) is 2.64. The SMILES string of the molecule is Cc1ccc(NC(=O)N(CC(=O)N2CCc3sccc3C2COc2cccc(F)c2)Cc2ccco2)cc1. The molecule has 1 atom stereocenters. The average molecular weight is 534 g/mol. The van der Waals surface area contributed by atoms with Gasteiger partial charge in [0.05, 0.1) is 18.8 Å². The summed E-state index contributed by atoms with van der Waals surface area (Å²) in [6, 6.07) is 18.2. The maximum absolute atomic E-state index is 13.7. The molecule has 0 radical (unpaired) electrons. The molecule has 1 aliphatic heterocycles. The van der Waals surface area contributed by atoms with Crippen molar-refractivity contribution in [1.82, 2.24) is 9.80 Å². The Morgan fingerprint density at radius 2 is 2.00 bits per heavy atom. The summed E-state index contributed by atoms with van der Waals surface area (Å²) in [6.07, 6.45) is 2.26. The van der Waals surface area contributed by atoms with Gasteiger partial charge in [0.2, 0.25) is 5.91 Å². The van der Waals surface area contributed by atoms with E-state index in [0.717, 1.165) is 17.5 Å². The Bertz CT molecular complexity index is 1390. The number of ether oxygens (including phenoxy) is 1. The molecule has 1 N–H and O–H groups in total. The summed E-state index contributed by atoms with van der Waals surface area (Å²) in [5.41, 5.74) is 2.74. The van der Waals surface area contributed by atoms with Crippen molar-refractivity contribution in [2.75, 3.05) is 25.0 Å². The second kappa shape index (κ2) is 11.5. The number of carbonyl (C=O) groups excluding carboxylic acids is 2. The number of aryl methyl sites for hydroxylation is 1. The van der Waals surface area contributed by atoms with Crippen molar-refractivity contribution in [2.45, 2.75) is 25.9 Å². The third-order valence-electron chi connectivity index (χ3n) is 6.46. The minimum atomic E-state index is -0.403. The van der Waals surface area contributed by atoms with Gasteiger partial charge in [-0.05, 0) is 66.8 Å². The van der Waals surface area contributed by atoms with Crippen LogP contribution in [0.2, 0.25) is 0 Å². The number of urea groups is 1. The molecule has 3 amide bonds. The Morgan fingerprint density at radius 3 is 2.76 bits per heavy atom. The fourth-order valence-corrected chi connectivity index (χ4v) is 5.42. The Labute approximate surface area is 224 Å². The normalized spacial score (nSPS) is 14.6. The molecule has 5 rings (SSSR count). The number of nitrogens with one attached hydrogen (secondary N) is 1. The molecular formula is C29H28FN3O4S. The number of carbonyl (C=O) groups is 2. The second-order valence-electron chi connectivity index (χ2n) is 9.15. The second-order valence-corrected chi connectivity index (χ2v) is 10.2. The van der Waals surface area contributed by atoms with Gasteiger partial charge in [-0.15, -0.1) is 11.3 Å². The van der Waals surface area contributed by atoms with Crippen molar-refractivity contribution in [1.29, 1.82) is 0 Å². The Kier molecular flexibility index (Phi) is 7.74. The van der Waals surface area contributed by atoms with Crippen molar-refractivity contribution in [3.63, 3.8) is 0 Å². The zero-order valence-electron chi connectivity index (χ0n) is 20.9. The van der Waals surface area contributed by atoms with Gasteiger partial charge in [-0.3, -0.25) is 4.79 Å². The molecule has 0 saturated carbocycles. The highest BCUT2D eigenvalue weighted by molar-refractivity contribution is 7.10. The van der Waals surface area contributed by atoms with Crippen molar-refractivity contribution < 1.29 is 23.1 Å². The van der Waals surface area contributed by atoms with E-state index in [1.807, 2.05) is 42.6 Å². The maximum Gasteiger partial charge on any atom is 0.322 e. The first-order valence-corrected chi connectivity index (χ1v) is 13.2. The van der Waals surface area contributed by atoms with Crippen LogP contribution >= 0.6 is 11.3 Å². The van der Waals surface area contributed by atoms with E-state index in [2.05, 4.69) is 5.32 Å². The number of halogens is 1. The molecule has 9 heteroatoms. The van der Waals surface area contributed by atoms with E-state index in [4.69, 9.17) is 9.15 Å². The van der Waals surface area contributed by atoms with Gasteiger partial charge in [0, 0.05) is 23.2 Å². The van der Waals surface area contributed by atoms with Crippen LogP contribution in [0.4, 0.5) is 14.9 Å². The first kappa shape index (κ1) is 25.5. The zero-order chi connectivity index (χ0) is 26.5. The predicted molar refractivity (Wildman–Crippen MR) is 144 cm³/mol. The summed E-state index contributed by atoms with van der Waals surface area (Å²) in [4.78, 5) is 31.4. The van der Waals surface area contributed by atoms with Crippen molar-refractivity contribution in [2.24, 2.45) is 0 Å². The molecule has 0 fully saturated rings. The fraction of sp³-hybridized carbons (Fsp3) is 0.241. The van der Waals surface area contributed by atoms with E-state index < -0.39 is 6.03 Å². The molecule has 4 aromatic rings. The van der Waals surface area contributed by atoms with Gasteiger partial charge in [-0.2, -0.15) is 0 Å². The summed E-state index contributed by atoms with van der Waals surface area (Å²) in [5, 5.41) is 4.89. The Morgan fingerprint density at radius 1 is 1.16 bits per heavy atom. The molecule has 38 heavy (non-hydrogen) atoms. The fourth-order valence-electron chi connectivity index (χ4n) is 4.49. The smallest absolute Gasteiger partial charge is 0.322 e. The van der Waals surface area contributed by atoms with E-state index in [0.29, 0.717) is 23.7 Å². The summed E-state index contributed by atoms with van der Waals surface area (Å²) < 4.78 is 25.1. The number of amides is 3. The number of nitrogens with zero attached hydrogens (tertiary/aromatic N) is 2. The number of hydrogen-bond donors (Lipinski definition) is 1. The molecule has 2 aromatic heterocycles. The minimum Gasteiger partial charge on any atom is -0.491 e. The molecule has 0 bridgehead atoms. The van der Waals surface area contributed by atoms with Crippen molar-refractivity contribution in [3.8, 4) is 5.75 Å². The lowest BCUT2D eigenvalue weighted by Gasteiger charge is -2.37. The Balaban J connectivity index is 1.34. The number of benzene rings is 2. The van der Waals surface area contributed by atoms with Crippen LogP contribution in [0, 0.1) is 12.7 Å². The molecule has 3 heterocycles. The quantitative estimate of drug-likeness (QED) is 0.300. The van der Waals surface area contributed by atoms with Crippen LogP contribution in [0.15, 0.2) is 82.8 Å². The largest absolute Gasteiger partial charge is 0.491 e. The van der Waals surface area contributed by atoms with E-state index in [9.17, 15) is 14.0 Å². The third-order valence-corrected chi connectivity index (χ3v) is 7.46. The lowest BCUT2D eigenvalue weighted by atomic mass is 10.0. The number of thiophene rings is 1. The molecule has 1 aliphatic rings. The van der Waals surface area contributed by atoms with Crippen LogP contribution in [0.25, 0.3) is 0 Å². The average Bonchev–Trinajstić information content (AvgIpc) is 3.60. The van der Waals surface area contributed by atoms with Crippen molar-refractivity contribution in [3.05, 3.63) is 106 Å². The summed E-state index contributed by atoms with van der Waals surface area (Å²) in [5.74, 6) is 0.377. The van der Waals surface area contributed by atoms with Crippen LogP contribution in [0.1, 0.15) is 27.8 Å². The topological polar surface area (TPSA) is 75.0 Å². The third kappa shape index (κ3) is 6.06.